The van der Waals surface area contributed by atoms with E-state index in [1.807, 2.05) is 12.1 Å². The topological polar surface area (TPSA) is 17.1 Å². The van der Waals surface area contributed by atoms with Crippen LogP contribution in [0.4, 0.5) is 0 Å². The molecule has 0 aliphatic carbocycles. The molecule has 4 heteroatoms. The minimum atomic E-state index is 0.562. The molecule has 0 fully saturated rings. The molecule has 1 aromatic heterocycles. The molecule has 0 bridgehead atoms. The lowest BCUT2D eigenvalue weighted by Gasteiger charge is -1.82. The Bertz CT molecular complexity index is 290. The highest BCUT2D eigenvalue weighted by Crippen LogP contribution is 2.24. The van der Waals surface area contributed by atoms with Crippen LogP contribution in [0.25, 0.3) is 6.08 Å². The summed E-state index contributed by atoms with van der Waals surface area (Å²) in [6.45, 7) is 0. The van der Waals surface area contributed by atoms with Crippen LogP contribution in [0.15, 0.2) is 20.4 Å². The van der Waals surface area contributed by atoms with Gasteiger partial charge in [0.25, 0.3) is 0 Å². The number of halogens is 2. The fourth-order valence-corrected chi connectivity index (χ4v) is 2.35. The van der Waals surface area contributed by atoms with E-state index in [1.165, 1.54) is 0 Å². The predicted octanol–water partition coefficient (Wildman–Crippen LogP) is 3.45. The first-order valence-electron chi connectivity index (χ1n) is 2.80. The Morgan fingerprint density at radius 2 is 2.27 bits per heavy atom. The molecule has 0 spiro atoms. The van der Waals surface area contributed by atoms with E-state index in [2.05, 4.69) is 31.9 Å². The smallest absolute Gasteiger partial charge is 0.157 e. The first kappa shape index (κ1) is 9.16. The molecule has 1 heterocycles. The third kappa shape index (κ3) is 2.89. The molecule has 0 saturated heterocycles. The quantitative estimate of drug-likeness (QED) is 0.603. The SMILES string of the molecule is O=C/C(Br)=C/c1ccc(Br)s1. The zero-order valence-electron chi connectivity index (χ0n) is 5.38. The van der Waals surface area contributed by atoms with Gasteiger partial charge in [0.15, 0.2) is 6.29 Å². The van der Waals surface area contributed by atoms with Crippen molar-refractivity contribution >= 4 is 55.6 Å². The van der Waals surface area contributed by atoms with E-state index in [1.54, 1.807) is 17.4 Å². The number of thiophene rings is 1. The summed E-state index contributed by atoms with van der Waals surface area (Å²) < 4.78 is 1.63. The third-order valence-electron chi connectivity index (χ3n) is 0.987. The van der Waals surface area contributed by atoms with Gasteiger partial charge in [-0.25, -0.2) is 0 Å². The van der Waals surface area contributed by atoms with Crippen molar-refractivity contribution in [2.45, 2.75) is 0 Å². The number of carbonyl (C=O) groups is 1. The van der Waals surface area contributed by atoms with Crippen molar-refractivity contribution in [3.63, 3.8) is 0 Å². The van der Waals surface area contributed by atoms with Crippen molar-refractivity contribution in [1.29, 1.82) is 0 Å². The fraction of sp³-hybridized carbons (Fsp3) is 0. The monoisotopic (exact) mass is 294 g/mol. The molecular weight excluding hydrogens is 292 g/mol. The van der Waals surface area contributed by atoms with Crippen molar-refractivity contribution in [1.82, 2.24) is 0 Å². The molecule has 0 aliphatic rings. The van der Waals surface area contributed by atoms with Gasteiger partial charge < -0.3 is 0 Å². The molecule has 0 saturated carbocycles. The van der Waals surface area contributed by atoms with Gasteiger partial charge in [0.2, 0.25) is 0 Å². The van der Waals surface area contributed by atoms with Crippen LogP contribution in [0.2, 0.25) is 0 Å². The highest BCUT2D eigenvalue weighted by molar-refractivity contribution is 9.12. The van der Waals surface area contributed by atoms with Crippen LogP contribution in [0, 0.1) is 0 Å². The van der Waals surface area contributed by atoms with Gasteiger partial charge in [-0.1, -0.05) is 0 Å². The van der Waals surface area contributed by atoms with Crippen molar-refractivity contribution in [2.75, 3.05) is 0 Å². The van der Waals surface area contributed by atoms with Gasteiger partial charge >= 0.3 is 0 Å². The summed E-state index contributed by atoms with van der Waals surface area (Å²) in [6, 6.07) is 3.89. The molecule has 0 unspecified atom stereocenters. The zero-order chi connectivity index (χ0) is 8.27. The minimum Gasteiger partial charge on any atom is -0.297 e. The normalized spacial score (nSPS) is 11.6. The average Bonchev–Trinajstić information content (AvgIpc) is 2.35. The summed E-state index contributed by atoms with van der Waals surface area (Å²) in [5, 5.41) is 0. The van der Waals surface area contributed by atoms with E-state index in [9.17, 15) is 4.79 Å². The molecule has 0 aliphatic heterocycles. The molecule has 1 aromatic rings. The van der Waals surface area contributed by atoms with Crippen molar-refractivity contribution in [3.8, 4) is 0 Å². The summed E-state index contributed by atoms with van der Waals surface area (Å²) in [5.74, 6) is 0. The van der Waals surface area contributed by atoms with Crippen LogP contribution in [-0.4, -0.2) is 6.29 Å². The van der Waals surface area contributed by atoms with Crippen LogP contribution in [-0.2, 0) is 4.79 Å². The fourth-order valence-electron chi connectivity index (χ4n) is 0.576. The van der Waals surface area contributed by atoms with E-state index in [4.69, 9.17) is 0 Å². The summed E-state index contributed by atoms with van der Waals surface area (Å²) in [5.41, 5.74) is 0. The second kappa shape index (κ2) is 4.18. The van der Waals surface area contributed by atoms with E-state index in [-0.39, 0.29) is 0 Å². The predicted molar refractivity (Wildman–Crippen MR) is 55.0 cm³/mol. The first-order chi connectivity index (χ1) is 5.22. The molecule has 58 valence electrons. The number of allylic oxidation sites excluding steroid dienone is 1. The lowest BCUT2D eigenvalue weighted by Crippen LogP contribution is -1.68. The van der Waals surface area contributed by atoms with E-state index in [0.29, 0.717) is 4.48 Å². The van der Waals surface area contributed by atoms with Gasteiger partial charge in [0.05, 0.1) is 8.27 Å². The number of rotatable bonds is 2. The lowest BCUT2D eigenvalue weighted by atomic mass is 10.4. The van der Waals surface area contributed by atoms with Gasteiger partial charge in [-0.3, -0.25) is 4.79 Å². The molecule has 11 heavy (non-hydrogen) atoms. The third-order valence-corrected chi connectivity index (χ3v) is 2.97. The maximum absolute atomic E-state index is 10.2. The summed E-state index contributed by atoms with van der Waals surface area (Å²) >= 11 is 8.02. The molecule has 0 N–H and O–H groups in total. The van der Waals surface area contributed by atoms with Crippen LogP contribution < -0.4 is 0 Å². The number of hydrogen-bond acceptors (Lipinski definition) is 2. The van der Waals surface area contributed by atoms with Gasteiger partial charge in [0, 0.05) is 4.88 Å². The molecule has 0 radical (unpaired) electrons. The maximum atomic E-state index is 10.2. The molecule has 1 rings (SSSR count). The van der Waals surface area contributed by atoms with Crippen LogP contribution in [0.5, 0.6) is 0 Å². The Morgan fingerprint density at radius 3 is 2.73 bits per heavy atom. The van der Waals surface area contributed by atoms with Gasteiger partial charge in [-0.15, -0.1) is 11.3 Å². The highest BCUT2D eigenvalue weighted by Gasteiger charge is 1.94. The summed E-state index contributed by atoms with van der Waals surface area (Å²) in [6.07, 6.45) is 2.55. The van der Waals surface area contributed by atoms with Crippen LogP contribution in [0.3, 0.4) is 0 Å². The van der Waals surface area contributed by atoms with Crippen LogP contribution in [0.1, 0.15) is 4.88 Å². The molecule has 0 aromatic carbocycles. The molecule has 0 amide bonds. The first-order valence-corrected chi connectivity index (χ1v) is 5.20. The van der Waals surface area contributed by atoms with Gasteiger partial charge in [0.1, 0.15) is 0 Å². The Kier molecular flexibility index (Phi) is 3.48. The summed E-state index contributed by atoms with van der Waals surface area (Å²) in [7, 11) is 0. The zero-order valence-corrected chi connectivity index (χ0v) is 9.37. The highest BCUT2D eigenvalue weighted by atomic mass is 79.9. The maximum Gasteiger partial charge on any atom is 0.157 e. The average molecular weight is 296 g/mol. The number of hydrogen-bond donors (Lipinski definition) is 0. The number of carbonyl (C=O) groups excluding carboxylic acids is 1. The molecule has 0 atom stereocenters. The Balaban J connectivity index is 2.86. The minimum absolute atomic E-state index is 0.562. The van der Waals surface area contributed by atoms with Gasteiger partial charge in [-0.05, 0) is 50.1 Å². The van der Waals surface area contributed by atoms with Crippen molar-refractivity contribution in [3.05, 3.63) is 25.3 Å². The molecule has 1 nitrogen and oxygen atoms in total. The Labute approximate surface area is 85.4 Å². The van der Waals surface area contributed by atoms with E-state index < -0.39 is 0 Å². The van der Waals surface area contributed by atoms with Crippen molar-refractivity contribution < 1.29 is 4.79 Å². The standard InChI is InChI=1S/C7H4Br2OS/c8-5(4-10)3-6-1-2-7(9)11-6/h1-4H/b5-3-. The largest absolute Gasteiger partial charge is 0.297 e. The summed E-state index contributed by atoms with van der Waals surface area (Å²) in [4.78, 5) is 11.2. The van der Waals surface area contributed by atoms with Gasteiger partial charge in [-0.2, -0.15) is 0 Å². The second-order valence-corrected chi connectivity index (χ2v) is 5.20. The lowest BCUT2D eigenvalue weighted by molar-refractivity contribution is -0.104. The second-order valence-electron chi connectivity index (χ2n) is 1.79. The Hall–Kier alpha value is 0.0700. The molecular formula is C7H4Br2OS. The van der Waals surface area contributed by atoms with E-state index >= 15 is 0 Å². The van der Waals surface area contributed by atoms with E-state index in [0.717, 1.165) is 14.9 Å². The Morgan fingerprint density at radius 1 is 1.55 bits per heavy atom. The number of aldehydes is 1. The van der Waals surface area contributed by atoms with Crippen molar-refractivity contribution in [2.24, 2.45) is 0 Å². The van der Waals surface area contributed by atoms with Crippen LogP contribution >= 0.6 is 43.2 Å².